The molecule has 2 aromatic rings. The summed E-state index contributed by atoms with van der Waals surface area (Å²) in [5.41, 5.74) is 2.34. The zero-order chi connectivity index (χ0) is 29.8. The third-order valence-corrected chi connectivity index (χ3v) is 9.68. The summed E-state index contributed by atoms with van der Waals surface area (Å²) in [5, 5.41) is 5.66. The lowest BCUT2D eigenvalue weighted by Gasteiger charge is -2.40. The van der Waals surface area contributed by atoms with Gasteiger partial charge in [0.1, 0.15) is 11.8 Å². The van der Waals surface area contributed by atoms with Gasteiger partial charge in [-0.25, -0.2) is 0 Å². The molecule has 3 saturated heterocycles. The number of benzene rings is 2. The largest absolute Gasteiger partial charge is 0.490 e. The quantitative estimate of drug-likeness (QED) is 0.515. The van der Waals surface area contributed by atoms with Gasteiger partial charge in [-0.15, -0.1) is 0 Å². The van der Waals surface area contributed by atoms with Crippen molar-refractivity contribution in [3.05, 3.63) is 65.2 Å². The Morgan fingerprint density at radius 2 is 1.58 bits per heavy atom. The molecule has 1 atom stereocenters. The molecule has 0 spiro atoms. The Labute approximate surface area is 253 Å². The minimum atomic E-state index is -0.569. The molecule has 4 fully saturated rings. The number of nitrogens with zero attached hydrogens (tertiary/aromatic N) is 2. The summed E-state index contributed by atoms with van der Waals surface area (Å²) in [5.74, 6) is 1.88. The highest BCUT2D eigenvalue weighted by atomic mass is 16.5. The maximum Gasteiger partial charge on any atom is 0.255 e. The number of piperidine rings is 2. The van der Waals surface area contributed by atoms with Gasteiger partial charge in [0.15, 0.2) is 0 Å². The Kier molecular flexibility index (Phi) is 9.07. The van der Waals surface area contributed by atoms with Gasteiger partial charge in [0, 0.05) is 37.2 Å². The zero-order valence-corrected chi connectivity index (χ0v) is 24.8. The molecule has 4 heterocycles. The van der Waals surface area contributed by atoms with Crippen LogP contribution in [0, 0.1) is 11.8 Å². The van der Waals surface area contributed by atoms with E-state index in [4.69, 9.17) is 4.74 Å². The van der Waals surface area contributed by atoms with E-state index in [1.54, 1.807) is 11.0 Å². The van der Waals surface area contributed by atoms with Gasteiger partial charge in [-0.2, -0.15) is 0 Å². The van der Waals surface area contributed by atoms with Crippen molar-refractivity contribution < 1.29 is 23.9 Å². The predicted octanol–water partition coefficient (Wildman–Crippen LogP) is 3.92. The van der Waals surface area contributed by atoms with Crippen LogP contribution in [-0.4, -0.2) is 71.8 Å². The standard InChI is InChI=1S/C19H22N2O4.C15H20N2O/c22-17-9-8-16(18(23)20-17)21-11-12-10-14(6-7-15(12)19(21)24)25-13-4-2-1-3-5-13;18-15(13-4-2-1-3-5-13)17-8-6-12(7-9-17)14-10-16-11-14/h6-7,10,13,16H,1-5,8-9,11H2,(H,20,22,23);1-5,12,14,16H,6-11H2. The Hall–Kier alpha value is -3.72. The highest BCUT2D eigenvalue weighted by Crippen LogP contribution is 2.32. The van der Waals surface area contributed by atoms with E-state index in [0.29, 0.717) is 18.5 Å². The van der Waals surface area contributed by atoms with E-state index in [9.17, 15) is 19.2 Å². The van der Waals surface area contributed by atoms with Crippen molar-refractivity contribution in [2.24, 2.45) is 11.8 Å². The van der Waals surface area contributed by atoms with Crippen LogP contribution >= 0.6 is 0 Å². The molecule has 1 aliphatic carbocycles. The molecule has 43 heavy (non-hydrogen) atoms. The molecule has 4 amide bonds. The van der Waals surface area contributed by atoms with Gasteiger partial charge in [-0.05, 0) is 106 Å². The second kappa shape index (κ2) is 13.3. The van der Waals surface area contributed by atoms with Crippen LogP contribution in [0.25, 0.3) is 0 Å². The molecule has 2 N–H and O–H groups in total. The number of rotatable bonds is 5. The van der Waals surface area contributed by atoms with Gasteiger partial charge in [0.25, 0.3) is 11.8 Å². The highest BCUT2D eigenvalue weighted by molar-refractivity contribution is 6.05. The van der Waals surface area contributed by atoms with Gasteiger partial charge >= 0.3 is 0 Å². The summed E-state index contributed by atoms with van der Waals surface area (Å²) in [6, 6.07) is 14.6. The normalized spacial score (nSPS) is 23.2. The molecule has 4 aliphatic heterocycles. The fraction of sp³-hybridized carbons (Fsp3) is 0.529. The first-order valence-electron chi connectivity index (χ1n) is 16.0. The van der Waals surface area contributed by atoms with Crippen molar-refractivity contribution in [1.29, 1.82) is 0 Å². The van der Waals surface area contributed by atoms with Crippen LogP contribution < -0.4 is 15.4 Å². The zero-order valence-electron chi connectivity index (χ0n) is 24.8. The molecule has 1 unspecified atom stereocenters. The lowest BCUT2D eigenvalue weighted by Crippen LogP contribution is -2.52. The Morgan fingerprint density at radius 3 is 2.26 bits per heavy atom. The Balaban J connectivity index is 0.000000162. The number of amides is 4. The molecule has 7 rings (SSSR count). The molecule has 5 aliphatic rings. The third-order valence-electron chi connectivity index (χ3n) is 9.68. The van der Waals surface area contributed by atoms with Crippen LogP contribution in [0.1, 0.15) is 84.1 Å². The average molecular weight is 587 g/mol. The highest BCUT2D eigenvalue weighted by Gasteiger charge is 2.39. The number of carbonyl (C=O) groups excluding carboxylic acids is 4. The van der Waals surface area contributed by atoms with Crippen LogP contribution in [0.2, 0.25) is 0 Å². The van der Waals surface area contributed by atoms with Crippen molar-refractivity contribution in [1.82, 2.24) is 20.4 Å². The van der Waals surface area contributed by atoms with E-state index in [1.165, 1.54) is 45.2 Å². The molecule has 9 nitrogen and oxygen atoms in total. The number of hydrogen-bond donors (Lipinski definition) is 2. The predicted molar refractivity (Wildman–Crippen MR) is 161 cm³/mol. The summed E-state index contributed by atoms with van der Waals surface area (Å²) in [6.45, 7) is 4.60. The average Bonchev–Trinajstić information content (AvgIpc) is 3.32. The summed E-state index contributed by atoms with van der Waals surface area (Å²) in [4.78, 5) is 51.9. The van der Waals surface area contributed by atoms with E-state index >= 15 is 0 Å². The maximum absolute atomic E-state index is 12.6. The van der Waals surface area contributed by atoms with Crippen LogP contribution in [0.3, 0.4) is 0 Å². The number of fused-ring (bicyclic) bond motifs is 1. The smallest absolute Gasteiger partial charge is 0.255 e. The van der Waals surface area contributed by atoms with Crippen LogP contribution in [0.15, 0.2) is 48.5 Å². The Bertz CT molecular complexity index is 1330. The third kappa shape index (κ3) is 6.77. The lowest BCUT2D eigenvalue weighted by atomic mass is 9.81. The molecule has 0 bridgehead atoms. The molecule has 1 saturated carbocycles. The van der Waals surface area contributed by atoms with E-state index in [-0.39, 0.29) is 36.2 Å². The van der Waals surface area contributed by atoms with E-state index in [2.05, 4.69) is 10.6 Å². The molecule has 2 aromatic carbocycles. The molecule has 9 heteroatoms. The van der Waals surface area contributed by atoms with E-state index < -0.39 is 6.04 Å². The molecule has 0 radical (unpaired) electrons. The lowest BCUT2D eigenvalue weighted by molar-refractivity contribution is -0.136. The first-order chi connectivity index (χ1) is 21.0. The molecule has 0 aromatic heterocycles. The maximum atomic E-state index is 12.6. The summed E-state index contributed by atoms with van der Waals surface area (Å²) < 4.78 is 6.08. The van der Waals surface area contributed by atoms with E-state index in [1.807, 2.05) is 47.4 Å². The molecular formula is C34H42N4O5. The van der Waals surface area contributed by atoms with Gasteiger partial charge in [0.2, 0.25) is 11.8 Å². The SMILES string of the molecule is O=C(c1ccccc1)N1CCC(C2CNC2)CC1.O=C1CCC(N2Cc3cc(OC4CCCCC4)ccc3C2=O)C(=O)N1. The number of carbonyl (C=O) groups is 4. The van der Waals surface area contributed by atoms with Gasteiger partial charge in [-0.1, -0.05) is 24.6 Å². The fourth-order valence-electron chi connectivity index (χ4n) is 6.98. The van der Waals surface area contributed by atoms with Crippen molar-refractivity contribution in [2.75, 3.05) is 26.2 Å². The molecule has 228 valence electrons. The number of nitrogens with one attached hydrogen (secondary N) is 2. The van der Waals surface area contributed by atoms with Gasteiger partial charge < -0.3 is 19.9 Å². The Morgan fingerprint density at radius 1 is 0.837 bits per heavy atom. The number of likely N-dealkylation sites (tertiary alicyclic amines) is 1. The minimum Gasteiger partial charge on any atom is -0.490 e. The van der Waals surface area contributed by atoms with Crippen molar-refractivity contribution in [3.63, 3.8) is 0 Å². The van der Waals surface area contributed by atoms with Gasteiger partial charge in [0.05, 0.1) is 6.10 Å². The number of imide groups is 1. The summed E-state index contributed by atoms with van der Waals surface area (Å²) in [7, 11) is 0. The molecular weight excluding hydrogens is 544 g/mol. The first-order valence-corrected chi connectivity index (χ1v) is 16.0. The minimum absolute atomic E-state index is 0.145. The number of ether oxygens (including phenoxy) is 1. The van der Waals surface area contributed by atoms with Crippen LogP contribution in [-0.2, 0) is 16.1 Å². The fourth-order valence-corrected chi connectivity index (χ4v) is 6.98. The first kappa shape index (κ1) is 29.4. The van der Waals surface area contributed by atoms with Crippen LogP contribution in [0.5, 0.6) is 5.75 Å². The second-order valence-electron chi connectivity index (χ2n) is 12.5. The van der Waals surface area contributed by atoms with Crippen LogP contribution in [0.4, 0.5) is 0 Å². The number of hydrogen-bond acceptors (Lipinski definition) is 6. The van der Waals surface area contributed by atoms with Crippen molar-refractivity contribution in [2.45, 2.75) is 76.5 Å². The second-order valence-corrected chi connectivity index (χ2v) is 12.5. The van der Waals surface area contributed by atoms with Crippen molar-refractivity contribution >= 4 is 23.6 Å². The monoisotopic (exact) mass is 586 g/mol. The van der Waals surface area contributed by atoms with E-state index in [0.717, 1.165) is 54.6 Å². The van der Waals surface area contributed by atoms with Crippen molar-refractivity contribution in [3.8, 4) is 5.75 Å². The summed E-state index contributed by atoms with van der Waals surface area (Å²) in [6.07, 6.45) is 9.11. The summed E-state index contributed by atoms with van der Waals surface area (Å²) >= 11 is 0. The van der Waals surface area contributed by atoms with Gasteiger partial charge in [-0.3, -0.25) is 24.5 Å². The topological polar surface area (TPSA) is 108 Å².